The monoisotopic (exact) mass is 704 g/mol. The molecule has 6 rings (SSSR count). The van der Waals surface area contributed by atoms with E-state index in [4.69, 9.17) is 46.4 Å². The summed E-state index contributed by atoms with van der Waals surface area (Å²) in [5.74, 6) is 1.12. The van der Waals surface area contributed by atoms with Crippen molar-refractivity contribution in [2.24, 2.45) is 14.1 Å². The van der Waals surface area contributed by atoms with Gasteiger partial charge in [0.05, 0.1) is 13.1 Å². The van der Waals surface area contributed by atoms with Crippen LogP contribution >= 0.6 is 46.4 Å². The van der Waals surface area contributed by atoms with Gasteiger partial charge in [0.15, 0.2) is 5.82 Å². The lowest BCUT2D eigenvalue weighted by molar-refractivity contribution is 0.0123. The molecule has 46 heavy (non-hydrogen) atoms. The maximum atomic E-state index is 11.3. The first kappa shape index (κ1) is 33.4. The number of hydrogen-bond donors (Lipinski definition) is 2. The lowest BCUT2D eigenvalue weighted by Crippen LogP contribution is -2.35. The molecule has 0 saturated heterocycles. The maximum Gasteiger partial charge on any atom is 0.153 e. The summed E-state index contributed by atoms with van der Waals surface area (Å²) in [5.41, 5.74) is -1.61. The number of hydrogen-bond acceptors (Lipinski definition) is 10. The van der Waals surface area contributed by atoms with Gasteiger partial charge in [-0.1, -0.05) is 58.5 Å². The Bertz CT molecular complexity index is 1880. The lowest BCUT2D eigenvalue weighted by Gasteiger charge is -2.29. The van der Waals surface area contributed by atoms with Gasteiger partial charge in [-0.25, -0.2) is 29.3 Å². The zero-order valence-corrected chi connectivity index (χ0v) is 27.6. The Morgan fingerprint density at radius 1 is 0.674 bits per heavy atom. The summed E-state index contributed by atoms with van der Waals surface area (Å²) < 4.78 is 6.26. The first-order valence-corrected chi connectivity index (χ1v) is 15.1. The third-order valence-corrected chi connectivity index (χ3v) is 8.09. The van der Waals surface area contributed by atoms with Gasteiger partial charge < -0.3 is 10.2 Å². The highest BCUT2D eigenvalue weighted by Gasteiger charge is 2.35. The zero-order valence-electron chi connectivity index (χ0n) is 24.5. The summed E-state index contributed by atoms with van der Waals surface area (Å²) in [6.45, 7) is 0.327. The minimum atomic E-state index is -1.35. The van der Waals surface area contributed by atoms with E-state index in [2.05, 4.69) is 40.3 Å². The summed E-state index contributed by atoms with van der Waals surface area (Å²) in [6.07, 6.45) is 9.28. The summed E-state index contributed by atoms with van der Waals surface area (Å²) in [4.78, 5) is 16.2. The van der Waals surface area contributed by atoms with Gasteiger partial charge in [0.1, 0.15) is 55.0 Å². The van der Waals surface area contributed by atoms with Crippen LogP contribution in [0.3, 0.4) is 0 Å². The normalized spacial score (nSPS) is 13.9. The second kappa shape index (κ2) is 14.2. The van der Waals surface area contributed by atoms with Crippen molar-refractivity contribution < 1.29 is 10.2 Å². The third kappa shape index (κ3) is 8.07. The molecule has 0 aliphatic heterocycles. The van der Waals surface area contributed by atoms with E-state index in [-0.39, 0.29) is 25.9 Å². The summed E-state index contributed by atoms with van der Waals surface area (Å²) >= 11 is 24.5. The van der Waals surface area contributed by atoms with Crippen LogP contribution in [0.25, 0.3) is 0 Å². The molecule has 2 N–H and O–H groups in total. The van der Waals surface area contributed by atoms with Crippen molar-refractivity contribution in [2.45, 2.75) is 37.1 Å². The second-order valence-electron chi connectivity index (χ2n) is 10.5. The zero-order chi connectivity index (χ0) is 32.9. The predicted molar refractivity (Wildman–Crippen MR) is 170 cm³/mol. The summed E-state index contributed by atoms with van der Waals surface area (Å²) in [7, 11) is 3.53. The molecule has 2 atom stereocenters. The van der Waals surface area contributed by atoms with Gasteiger partial charge in [-0.2, -0.15) is 20.4 Å². The minimum absolute atomic E-state index is 0.159. The van der Waals surface area contributed by atoms with Crippen LogP contribution in [-0.4, -0.2) is 69.3 Å². The van der Waals surface area contributed by atoms with E-state index >= 15 is 0 Å². The average molecular weight is 706 g/mol. The van der Waals surface area contributed by atoms with E-state index in [1.165, 1.54) is 36.3 Å². The molecule has 0 bridgehead atoms. The van der Waals surface area contributed by atoms with E-state index in [1.807, 2.05) is 0 Å². The Balaban J connectivity index is 0.000000181. The van der Waals surface area contributed by atoms with Gasteiger partial charge in [-0.05, 0) is 24.3 Å². The van der Waals surface area contributed by atoms with Gasteiger partial charge in [0.2, 0.25) is 0 Å². The number of halogens is 4. The Labute approximate surface area is 283 Å². The van der Waals surface area contributed by atoms with Crippen LogP contribution in [0.15, 0.2) is 74.4 Å². The van der Waals surface area contributed by atoms with Crippen LogP contribution in [0.1, 0.15) is 22.8 Å². The van der Waals surface area contributed by atoms with Crippen molar-refractivity contribution in [3.8, 4) is 0 Å². The Morgan fingerprint density at radius 2 is 1.22 bits per heavy atom. The molecule has 14 nitrogen and oxygen atoms in total. The molecule has 2 unspecified atom stereocenters. The van der Waals surface area contributed by atoms with Gasteiger partial charge in [-0.3, -0.25) is 9.36 Å². The van der Waals surface area contributed by atoms with Crippen LogP contribution in [0.2, 0.25) is 20.1 Å². The fourth-order valence-corrected chi connectivity index (χ4v) is 6.01. The summed E-state index contributed by atoms with van der Waals surface area (Å²) in [6, 6.07) is 9.97. The highest BCUT2D eigenvalue weighted by Crippen LogP contribution is 2.35. The average Bonchev–Trinajstić information content (AvgIpc) is 3.81. The van der Waals surface area contributed by atoms with Crippen LogP contribution in [-0.2, 0) is 51.2 Å². The second-order valence-corrected chi connectivity index (χ2v) is 12.2. The first-order valence-electron chi connectivity index (χ1n) is 13.6. The molecule has 0 aliphatic carbocycles. The van der Waals surface area contributed by atoms with Crippen molar-refractivity contribution in [3.63, 3.8) is 0 Å². The molecule has 4 aromatic heterocycles. The molecule has 0 amide bonds. The van der Waals surface area contributed by atoms with E-state index in [1.54, 1.807) is 70.9 Å². The third-order valence-electron chi connectivity index (χ3n) is 7.00. The molecule has 0 aliphatic rings. The molecule has 0 spiro atoms. The molecule has 0 fully saturated rings. The molecule has 6 aromatic rings. The number of aliphatic hydroxyl groups is 2. The topological polar surface area (TPSA) is 163 Å². The van der Waals surface area contributed by atoms with Crippen molar-refractivity contribution in [3.05, 3.63) is 117 Å². The minimum Gasteiger partial charge on any atom is -0.383 e. The molecular weight excluding hydrogens is 678 g/mol. The molecule has 0 saturated carbocycles. The van der Waals surface area contributed by atoms with Crippen LogP contribution in [0, 0.1) is 0 Å². The highest BCUT2D eigenvalue weighted by molar-refractivity contribution is 6.35. The van der Waals surface area contributed by atoms with Crippen LogP contribution in [0.5, 0.6) is 0 Å². The van der Waals surface area contributed by atoms with Crippen molar-refractivity contribution in [2.75, 3.05) is 0 Å². The Kier molecular flexibility index (Phi) is 10.4. The SMILES string of the molecule is Cn1cnc(CC(O)(Cn2cncn2)c2ccc(Cl)cc2Cl)n1.Cn1ncnc1CC(O)(Cn1cncn1)c1ccc(Cl)cc1Cl. The number of rotatable bonds is 10. The first-order chi connectivity index (χ1) is 21.9. The number of benzene rings is 2. The molecule has 0 radical (unpaired) electrons. The number of aryl methyl sites for hydroxylation is 2. The van der Waals surface area contributed by atoms with E-state index in [0.29, 0.717) is 42.9 Å². The quantitative estimate of drug-likeness (QED) is 0.215. The van der Waals surface area contributed by atoms with Gasteiger partial charge in [0, 0.05) is 58.2 Å². The van der Waals surface area contributed by atoms with Crippen molar-refractivity contribution in [1.82, 2.24) is 59.1 Å². The Morgan fingerprint density at radius 3 is 1.63 bits per heavy atom. The Hall–Kier alpha value is -3.92. The van der Waals surface area contributed by atoms with Crippen molar-refractivity contribution >= 4 is 46.4 Å². The summed E-state index contributed by atoms with van der Waals surface area (Å²) in [5, 5.41) is 40.7. The fourth-order valence-electron chi connectivity index (χ4n) is 4.84. The molecule has 240 valence electrons. The number of aromatic nitrogens is 12. The smallest absolute Gasteiger partial charge is 0.153 e. The predicted octanol–water partition coefficient (Wildman–Crippen LogP) is 3.69. The van der Waals surface area contributed by atoms with E-state index in [0.717, 1.165) is 0 Å². The molecule has 2 aromatic carbocycles. The van der Waals surface area contributed by atoms with E-state index < -0.39 is 11.2 Å². The molecular formula is C28H28Cl4N12O2. The van der Waals surface area contributed by atoms with Gasteiger partial charge in [-0.15, -0.1) is 0 Å². The highest BCUT2D eigenvalue weighted by atomic mass is 35.5. The van der Waals surface area contributed by atoms with E-state index in [9.17, 15) is 10.2 Å². The number of nitrogens with zero attached hydrogens (tertiary/aromatic N) is 12. The molecule has 18 heteroatoms. The fraction of sp³-hybridized carbons (Fsp3) is 0.286. The van der Waals surface area contributed by atoms with Crippen molar-refractivity contribution in [1.29, 1.82) is 0 Å². The standard InChI is InChI=1S/2C14H14Cl2N6O/c1-21-13(18-8-19-21)5-14(23,6-22-9-17-7-20-22)11-3-2-10(15)4-12(11)16;1-21-9-18-13(20-21)5-14(23,6-22-8-17-7-19-22)11-3-2-10(15)4-12(11)16/h2*2-4,7-9,23H,5-6H2,1H3. The maximum absolute atomic E-state index is 11.3. The van der Waals surface area contributed by atoms with Gasteiger partial charge >= 0.3 is 0 Å². The largest absolute Gasteiger partial charge is 0.383 e. The van der Waals surface area contributed by atoms with Crippen LogP contribution in [0.4, 0.5) is 0 Å². The van der Waals surface area contributed by atoms with Gasteiger partial charge in [0.25, 0.3) is 0 Å². The van der Waals surface area contributed by atoms with Crippen LogP contribution < -0.4 is 0 Å². The lowest BCUT2D eigenvalue weighted by atomic mass is 9.89. The molecule has 4 heterocycles.